The molecule has 1 nitrogen and oxygen atoms in total. The first-order valence-electron chi connectivity index (χ1n) is 5.27. The third-order valence-corrected chi connectivity index (χ3v) is 2.93. The maximum Gasteiger partial charge on any atom is 0.134 e. The quantitative estimate of drug-likeness (QED) is 0.570. The molecule has 0 bridgehead atoms. The highest BCUT2D eigenvalue weighted by molar-refractivity contribution is 6.05. The van der Waals surface area contributed by atoms with Gasteiger partial charge in [-0.25, -0.2) is 0 Å². The molecule has 0 saturated heterocycles. The van der Waals surface area contributed by atoms with Crippen molar-refractivity contribution in [2.45, 2.75) is 13.3 Å². The highest BCUT2D eigenvalue weighted by Gasteiger charge is 2.02. The van der Waals surface area contributed by atoms with Crippen molar-refractivity contribution in [3.8, 4) is 0 Å². The highest BCUT2D eigenvalue weighted by atomic mass is 16.3. The lowest BCUT2D eigenvalue weighted by Crippen LogP contribution is -1.80. The van der Waals surface area contributed by atoms with Crippen molar-refractivity contribution in [1.82, 2.24) is 0 Å². The second kappa shape index (κ2) is 3.13. The van der Waals surface area contributed by atoms with E-state index in [1.54, 1.807) is 6.26 Å². The third kappa shape index (κ3) is 1.23. The van der Waals surface area contributed by atoms with Gasteiger partial charge < -0.3 is 4.42 Å². The van der Waals surface area contributed by atoms with Crippen LogP contribution in [0.1, 0.15) is 12.5 Å². The van der Waals surface area contributed by atoms with Crippen molar-refractivity contribution in [1.29, 1.82) is 0 Å². The monoisotopic (exact) mass is 196 g/mol. The average molecular weight is 196 g/mol. The Kier molecular flexibility index (Phi) is 1.78. The number of hydrogen-bond acceptors (Lipinski definition) is 1. The van der Waals surface area contributed by atoms with E-state index in [0.717, 1.165) is 12.0 Å². The molecular weight excluding hydrogens is 184 g/mol. The average Bonchev–Trinajstić information content (AvgIpc) is 2.76. The van der Waals surface area contributed by atoms with Crippen LogP contribution in [0.2, 0.25) is 0 Å². The molecule has 15 heavy (non-hydrogen) atoms. The van der Waals surface area contributed by atoms with Crippen LogP contribution in [-0.2, 0) is 6.42 Å². The second-order valence-corrected chi connectivity index (χ2v) is 3.81. The second-order valence-electron chi connectivity index (χ2n) is 3.81. The maximum absolute atomic E-state index is 5.40. The van der Waals surface area contributed by atoms with Crippen LogP contribution < -0.4 is 0 Å². The third-order valence-electron chi connectivity index (χ3n) is 2.93. The molecule has 1 heteroatoms. The van der Waals surface area contributed by atoms with Crippen molar-refractivity contribution in [2.75, 3.05) is 0 Å². The number of fused-ring (bicyclic) bond motifs is 3. The van der Waals surface area contributed by atoms with E-state index in [1.165, 1.54) is 21.7 Å². The molecule has 0 fully saturated rings. The molecule has 0 aliphatic heterocycles. The summed E-state index contributed by atoms with van der Waals surface area (Å²) >= 11 is 0. The Morgan fingerprint density at radius 2 is 1.87 bits per heavy atom. The van der Waals surface area contributed by atoms with Gasteiger partial charge in [0.15, 0.2) is 0 Å². The first-order valence-corrected chi connectivity index (χ1v) is 5.27. The molecule has 0 aliphatic rings. The van der Waals surface area contributed by atoms with E-state index in [1.807, 2.05) is 12.1 Å². The smallest absolute Gasteiger partial charge is 0.134 e. The molecule has 3 aromatic rings. The van der Waals surface area contributed by atoms with Gasteiger partial charge >= 0.3 is 0 Å². The number of benzene rings is 2. The molecule has 0 aliphatic carbocycles. The molecule has 0 radical (unpaired) electrons. The largest absolute Gasteiger partial charge is 0.464 e. The summed E-state index contributed by atoms with van der Waals surface area (Å²) in [4.78, 5) is 0. The van der Waals surface area contributed by atoms with Crippen LogP contribution in [-0.4, -0.2) is 0 Å². The Hall–Kier alpha value is -1.76. The summed E-state index contributed by atoms with van der Waals surface area (Å²) < 4.78 is 5.40. The molecule has 0 atom stereocenters. The molecular formula is C14H12O. The molecule has 1 heterocycles. The van der Waals surface area contributed by atoms with Crippen molar-refractivity contribution >= 4 is 21.7 Å². The van der Waals surface area contributed by atoms with Crippen LogP contribution in [0.15, 0.2) is 47.1 Å². The summed E-state index contributed by atoms with van der Waals surface area (Å²) in [5.74, 6) is 0. The molecule has 0 unspecified atom stereocenters. The summed E-state index contributed by atoms with van der Waals surface area (Å²) in [5.41, 5.74) is 2.34. The lowest BCUT2D eigenvalue weighted by molar-refractivity contribution is 0.616. The van der Waals surface area contributed by atoms with Crippen LogP contribution >= 0.6 is 0 Å². The van der Waals surface area contributed by atoms with Crippen LogP contribution in [0.4, 0.5) is 0 Å². The fourth-order valence-corrected chi connectivity index (χ4v) is 2.04. The normalized spacial score (nSPS) is 11.3. The van der Waals surface area contributed by atoms with Crippen molar-refractivity contribution in [3.63, 3.8) is 0 Å². The van der Waals surface area contributed by atoms with Gasteiger partial charge in [-0.1, -0.05) is 31.2 Å². The first kappa shape index (κ1) is 8.54. The topological polar surface area (TPSA) is 13.1 Å². The summed E-state index contributed by atoms with van der Waals surface area (Å²) in [6, 6.07) is 12.8. The van der Waals surface area contributed by atoms with Crippen molar-refractivity contribution < 1.29 is 4.42 Å². The van der Waals surface area contributed by atoms with Gasteiger partial charge in [-0.2, -0.15) is 0 Å². The summed E-state index contributed by atoms with van der Waals surface area (Å²) in [6.07, 6.45) is 2.83. The highest BCUT2D eigenvalue weighted by Crippen LogP contribution is 2.27. The minimum atomic E-state index is 0.968. The van der Waals surface area contributed by atoms with Gasteiger partial charge in [0.2, 0.25) is 0 Å². The van der Waals surface area contributed by atoms with E-state index in [-0.39, 0.29) is 0 Å². The van der Waals surface area contributed by atoms with Crippen LogP contribution in [0.5, 0.6) is 0 Å². The standard InChI is InChI=1S/C14H12O/c1-2-10-3-4-11-5-6-14-12(7-8-15-14)13(11)9-10/h3-9H,2H2,1H3. The van der Waals surface area contributed by atoms with E-state index in [2.05, 4.69) is 31.2 Å². The molecule has 1 aromatic heterocycles. The molecule has 74 valence electrons. The molecule has 0 amide bonds. The number of aryl methyl sites for hydroxylation is 1. The van der Waals surface area contributed by atoms with Gasteiger partial charge in [-0.15, -0.1) is 0 Å². The lowest BCUT2D eigenvalue weighted by atomic mass is 10.0. The Labute approximate surface area is 88.3 Å². The van der Waals surface area contributed by atoms with E-state index >= 15 is 0 Å². The summed E-state index contributed by atoms with van der Waals surface area (Å²) in [7, 11) is 0. The van der Waals surface area contributed by atoms with Gasteiger partial charge in [0.05, 0.1) is 6.26 Å². The Balaban J connectivity index is 2.48. The van der Waals surface area contributed by atoms with E-state index in [9.17, 15) is 0 Å². The minimum Gasteiger partial charge on any atom is -0.464 e. The number of furan rings is 1. The van der Waals surface area contributed by atoms with Gasteiger partial charge in [0.1, 0.15) is 5.58 Å². The zero-order valence-electron chi connectivity index (χ0n) is 8.66. The predicted octanol–water partition coefficient (Wildman–Crippen LogP) is 4.15. The van der Waals surface area contributed by atoms with E-state index in [4.69, 9.17) is 4.42 Å². The Morgan fingerprint density at radius 1 is 1.00 bits per heavy atom. The molecule has 0 saturated carbocycles. The van der Waals surface area contributed by atoms with E-state index in [0.29, 0.717) is 0 Å². The molecule has 0 spiro atoms. The van der Waals surface area contributed by atoms with Crippen LogP contribution in [0, 0.1) is 0 Å². The van der Waals surface area contributed by atoms with Gasteiger partial charge in [-0.05, 0) is 34.9 Å². The molecule has 3 rings (SSSR count). The predicted molar refractivity (Wildman–Crippen MR) is 63.1 cm³/mol. The maximum atomic E-state index is 5.40. The van der Waals surface area contributed by atoms with Crippen LogP contribution in [0.3, 0.4) is 0 Å². The van der Waals surface area contributed by atoms with Crippen molar-refractivity contribution in [3.05, 3.63) is 48.2 Å². The van der Waals surface area contributed by atoms with Gasteiger partial charge in [-0.3, -0.25) is 0 Å². The number of rotatable bonds is 1. The Bertz CT molecular complexity index is 619. The molecule has 2 aromatic carbocycles. The lowest BCUT2D eigenvalue weighted by Gasteiger charge is -2.01. The summed E-state index contributed by atoms with van der Waals surface area (Å²) in [6.45, 7) is 2.18. The minimum absolute atomic E-state index is 0.968. The number of hydrogen-bond donors (Lipinski definition) is 0. The summed E-state index contributed by atoms with van der Waals surface area (Å²) in [5, 5.41) is 3.78. The Morgan fingerprint density at radius 3 is 2.73 bits per heavy atom. The first-order chi connectivity index (χ1) is 7.38. The van der Waals surface area contributed by atoms with Crippen molar-refractivity contribution in [2.24, 2.45) is 0 Å². The van der Waals surface area contributed by atoms with Gasteiger partial charge in [0.25, 0.3) is 0 Å². The zero-order valence-corrected chi connectivity index (χ0v) is 8.66. The van der Waals surface area contributed by atoms with Gasteiger partial charge in [0, 0.05) is 5.39 Å². The van der Waals surface area contributed by atoms with E-state index < -0.39 is 0 Å². The SMILES string of the molecule is CCc1ccc2ccc3occc3c2c1. The zero-order chi connectivity index (χ0) is 10.3. The van der Waals surface area contributed by atoms with Crippen LogP contribution in [0.25, 0.3) is 21.7 Å². The fraction of sp³-hybridized carbons (Fsp3) is 0.143. The fourth-order valence-electron chi connectivity index (χ4n) is 2.04. The molecule has 0 N–H and O–H groups in total.